The van der Waals surface area contributed by atoms with Gasteiger partial charge in [-0.15, -0.1) is 0 Å². The topological polar surface area (TPSA) is 87.6 Å². The molecule has 7 nitrogen and oxygen atoms in total. The number of carbonyl (C=O) groups is 1. The maximum atomic E-state index is 13.0. The van der Waals surface area contributed by atoms with Crippen LogP contribution in [-0.4, -0.2) is 25.7 Å². The molecule has 2 aromatic carbocycles. The van der Waals surface area contributed by atoms with E-state index in [2.05, 4.69) is 25.7 Å². The number of aromatic nitrogens is 4. The number of halogens is 3. The Morgan fingerprint density at radius 1 is 1.15 bits per heavy atom. The van der Waals surface area contributed by atoms with Crippen molar-refractivity contribution in [2.24, 2.45) is 7.05 Å². The predicted octanol–water partition coefficient (Wildman–Crippen LogP) is 5.86. The molecule has 0 radical (unpaired) electrons. The minimum Gasteiger partial charge on any atom is -0.346 e. The van der Waals surface area contributed by atoms with Crippen LogP contribution in [0.25, 0.3) is 11.3 Å². The third-order valence-electron chi connectivity index (χ3n) is 5.11. The van der Waals surface area contributed by atoms with Crippen LogP contribution in [0.5, 0.6) is 0 Å². The Balaban J connectivity index is 1.60. The zero-order chi connectivity index (χ0) is 24.5. The van der Waals surface area contributed by atoms with Gasteiger partial charge < -0.3 is 15.6 Å². The summed E-state index contributed by atoms with van der Waals surface area (Å²) in [5.41, 5.74) is 2.49. The number of aryl methyl sites for hydroxylation is 2. The number of nitrogens with zero attached hydrogens (tertiary/aromatic N) is 3. The van der Waals surface area contributed by atoms with Crippen molar-refractivity contribution in [3.05, 3.63) is 82.4 Å². The quantitative estimate of drug-likeness (QED) is 0.309. The second-order valence-electron chi connectivity index (χ2n) is 7.52. The molecule has 4 rings (SSSR count). The molecule has 0 unspecified atom stereocenters. The average Bonchev–Trinajstić information content (AvgIpc) is 3.15. The molecule has 11 heteroatoms. The van der Waals surface area contributed by atoms with Gasteiger partial charge in [0.05, 0.1) is 29.3 Å². The first-order chi connectivity index (χ1) is 16.1. The minimum absolute atomic E-state index is 0.0910. The van der Waals surface area contributed by atoms with Gasteiger partial charge >= 0.3 is 6.18 Å². The Morgan fingerprint density at radius 3 is 2.68 bits per heavy atom. The number of alkyl halides is 3. The molecule has 0 bridgehead atoms. The molecule has 0 spiro atoms. The number of amides is 1. The van der Waals surface area contributed by atoms with Gasteiger partial charge in [0.1, 0.15) is 10.5 Å². The summed E-state index contributed by atoms with van der Waals surface area (Å²) in [6.07, 6.45) is -1.35. The summed E-state index contributed by atoms with van der Waals surface area (Å²) in [7, 11) is 1.77. The van der Waals surface area contributed by atoms with Crippen molar-refractivity contribution >= 4 is 35.3 Å². The number of carbonyl (C=O) groups excluding carboxylic acids is 1. The fourth-order valence-corrected chi connectivity index (χ4v) is 3.48. The van der Waals surface area contributed by atoms with E-state index in [4.69, 9.17) is 12.2 Å². The third kappa shape index (κ3) is 4.99. The molecule has 2 heterocycles. The Bertz CT molecular complexity index is 1430. The lowest BCUT2D eigenvalue weighted by Crippen LogP contribution is -2.14. The van der Waals surface area contributed by atoms with E-state index in [1.54, 1.807) is 42.2 Å². The Hall–Kier alpha value is -3.99. The molecule has 174 valence electrons. The second-order valence-corrected chi connectivity index (χ2v) is 7.93. The molecule has 3 N–H and O–H groups in total. The fourth-order valence-electron chi connectivity index (χ4n) is 3.31. The molecular formula is C23H19F3N6OS. The Labute approximate surface area is 197 Å². The van der Waals surface area contributed by atoms with Crippen molar-refractivity contribution in [2.45, 2.75) is 13.1 Å². The van der Waals surface area contributed by atoms with Crippen molar-refractivity contribution < 1.29 is 18.0 Å². The van der Waals surface area contributed by atoms with E-state index in [-0.39, 0.29) is 5.56 Å². The van der Waals surface area contributed by atoms with E-state index in [0.717, 1.165) is 29.0 Å². The van der Waals surface area contributed by atoms with E-state index in [1.807, 2.05) is 6.92 Å². The first-order valence-corrected chi connectivity index (χ1v) is 10.5. The van der Waals surface area contributed by atoms with E-state index in [9.17, 15) is 18.0 Å². The molecule has 0 aliphatic carbocycles. The van der Waals surface area contributed by atoms with Crippen LogP contribution in [-0.2, 0) is 13.2 Å². The van der Waals surface area contributed by atoms with E-state index >= 15 is 0 Å². The van der Waals surface area contributed by atoms with Gasteiger partial charge in [-0.25, -0.2) is 4.98 Å². The lowest BCUT2D eigenvalue weighted by atomic mass is 10.1. The number of nitrogens with one attached hydrogen (secondary N) is 3. The van der Waals surface area contributed by atoms with Gasteiger partial charge in [-0.1, -0.05) is 24.4 Å². The van der Waals surface area contributed by atoms with Crippen LogP contribution in [0.15, 0.2) is 61.1 Å². The Morgan fingerprint density at radius 2 is 1.94 bits per heavy atom. The molecule has 4 aromatic rings. The van der Waals surface area contributed by atoms with Gasteiger partial charge in [0.15, 0.2) is 0 Å². The van der Waals surface area contributed by atoms with Crippen LogP contribution in [0.3, 0.4) is 0 Å². The number of hydrogen-bond acceptors (Lipinski definition) is 5. The fraction of sp³-hybridized carbons (Fsp3) is 0.130. The maximum absolute atomic E-state index is 13.0. The Kier molecular flexibility index (Phi) is 6.20. The number of benzene rings is 2. The van der Waals surface area contributed by atoms with Gasteiger partial charge in [0.2, 0.25) is 0 Å². The highest BCUT2D eigenvalue weighted by Gasteiger charge is 2.30. The summed E-state index contributed by atoms with van der Waals surface area (Å²) in [6.45, 7) is 1.89. The first-order valence-electron chi connectivity index (χ1n) is 10.1. The van der Waals surface area contributed by atoms with Crippen molar-refractivity contribution in [1.82, 2.24) is 19.7 Å². The zero-order valence-electron chi connectivity index (χ0n) is 18.1. The molecule has 0 saturated carbocycles. The van der Waals surface area contributed by atoms with E-state index in [1.165, 1.54) is 18.5 Å². The third-order valence-corrected chi connectivity index (χ3v) is 5.33. The summed E-state index contributed by atoms with van der Waals surface area (Å²) in [6, 6.07) is 11.2. The highest BCUT2D eigenvalue weighted by molar-refractivity contribution is 7.71. The molecule has 34 heavy (non-hydrogen) atoms. The van der Waals surface area contributed by atoms with E-state index in [0.29, 0.717) is 21.8 Å². The number of aromatic amines is 1. The number of H-pyrrole nitrogens is 1. The second kappa shape index (κ2) is 9.10. The molecule has 2 aromatic heterocycles. The largest absolute Gasteiger partial charge is 0.416 e. The summed E-state index contributed by atoms with van der Waals surface area (Å²) in [5.74, 6) is 0.0211. The molecule has 0 fully saturated rings. The molecule has 1 amide bonds. The van der Waals surface area contributed by atoms with Crippen molar-refractivity contribution in [3.63, 3.8) is 0 Å². The molecule has 0 atom stereocenters. The smallest absolute Gasteiger partial charge is 0.346 e. The summed E-state index contributed by atoms with van der Waals surface area (Å²) < 4.78 is 41.0. The lowest BCUT2D eigenvalue weighted by molar-refractivity contribution is -0.137. The van der Waals surface area contributed by atoms with Crippen molar-refractivity contribution in [1.29, 1.82) is 0 Å². The van der Waals surface area contributed by atoms with Gasteiger partial charge in [-0.2, -0.15) is 18.3 Å². The number of rotatable bonds is 5. The summed E-state index contributed by atoms with van der Waals surface area (Å²) >= 11 is 5.14. The summed E-state index contributed by atoms with van der Waals surface area (Å²) in [4.78, 5) is 19.6. The zero-order valence-corrected chi connectivity index (χ0v) is 18.9. The highest BCUT2D eigenvalue weighted by Crippen LogP contribution is 2.32. The minimum atomic E-state index is -4.53. The first kappa shape index (κ1) is 23.2. The molecule has 0 aliphatic heterocycles. The van der Waals surface area contributed by atoms with Gasteiger partial charge in [-0.3, -0.25) is 9.48 Å². The lowest BCUT2D eigenvalue weighted by Gasteiger charge is -2.14. The van der Waals surface area contributed by atoms with Gasteiger partial charge in [0.25, 0.3) is 5.91 Å². The van der Waals surface area contributed by atoms with Crippen molar-refractivity contribution in [2.75, 3.05) is 10.6 Å². The van der Waals surface area contributed by atoms with Crippen LogP contribution in [0.4, 0.5) is 30.4 Å². The average molecular weight is 485 g/mol. The summed E-state index contributed by atoms with van der Waals surface area (Å²) in [5, 5.41) is 10.3. The maximum Gasteiger partial charge on any atom is 0.416 e. The van der Waals surface area contributed by atoms with Crippen LogP contribution < -0.4 is 10.6 Å². The number of hydrogen-bond donors (Lipinski definition) is 3. The van der Waals surface area contributed by atoms with Crippen molar-refractivity contribution in [3.8, 4) is 11.3 Å². The van der Waals surface area contributed by atoms with Crippen LogP contribution in [0.2, 0.25) is 0 Å². The van der Waals surface area contributed by atoms with Gasteiger partial charge in [-0.05, 0) is 48.9 Å². The van der Waals surface area contributed by atoms with Crippen LogP contribution in [0.1, 0.15) is 21.5 Å². The predicted molar refractivity (Wildman–Crippen MR) is 125 cm³/mol. The molecular weight excluding hydrogens is 465 g/mol. The SMILES string of the molecule is Cc1ccc(NC(=O)c2cccc(C(F)(F)F)c2)cc1Nc1c(-c2cc(=S)nc[nH]2)cnn1C. The standard InChI is InChI=1S/C23H19F3N6OS/c1-13-6-7-16(30-22(33)14-4-3-5-15(8-14)23(24,25)26)9-18(13)31-21-17(11-29-32(21)2)19-10-20(34)28-12-27-19/h3-12,31H,1-2H3,(H,30,33)(H,27,28,34). The van der Waals surface area contributed by atoms with E-state index < -0.39 is 17.6 Å². The normalized spacial score (nSPS) is 11.3. The number of anilines is 3. The van der Waals surface area contributed by atoms with Gasteiger partial charge in [0, 0.05) is 24.0 Å². The van der Waals surface area contributed by atoms with Crippen LogP contribution in [0, 0.1) is 11.6 Å². The molecule has 0 saturated heterocycles. The molecule has 0 aliphatic rings. The highest BCUT2D eigenvalue weighted by atomic mass is 32.1. The van der Waals surface area contributed by atoms with Crippen LogP contribution >= 0.6 is 12.2 Å². The monoisotopic (exact) mass is 484 g/mol.